The molecule has 0 spiro atoms. The highest BCUT2D eigenvalue weighted by Gasteiger charge is 2.24. The summed E-state index contributed by atoms with van der Waals surface area (Å²) in [5.74, 6) is 4.57. The molecule has 6 aromatic heterocycles. The summed E-state index contributed by atoms with van der Waals surface area (Å²) in [5, 5.41) is 16.1. The van der Waals surface area contributed by atoms with Gasteiger partial charge in [0, 0.05) is 98.8 Å². The molecule has 12 nitrogen and oxygen atoms in total. The predicted octanol–water partition coefficient (Wildman–Crippen LogP) is 31.9. The van der Waals surface area contributed by atoms with Crippen LogP contribution in [0.2, 0.25) is 0 Å². The second-order valence-electron chi connectivity index (χ2n) is 34.3. The maximum Gasteiger partial charge on any atom is 0.164 e. The van der Waals surface area contributed by atoms with Crippen LogP contribution < -0.4 is 0 Å². The Bertz CT molecular complexity index is 9450. The molecule has 0 amide bonds. The van der Waals surface area contributed by atoms with Gasteiger partial charge in [0.25, 0.3) is 0 Å². The van der Waals surface area contributed by atoms with Gasteiger partial charge in [0.1, 0.15) is 0 Å². The van der Waals surface area contributed by atoms with Crippen molar-refractivity contribution in [1.29, 1.82) is 0 Å². The summed E-state index contributed by atoms with van der Waals surface area (Å²) in [5.41, 5.74) is 22.0. The number of hydrogen-bond acceptors (Lipinski definition) is 9. The Morgan fingerprint density at radius 3 is 0.856 bits per heavy atom. The molecule has 0 aliphatic carbocycles. The zero-order chi connectivity index (χ0) is 96.4. The molecule has 6 heterocycles. The minimum atomic E-state index is -0.469. The average molecular weight is 1780 g/mol. The lowest BCUT2D eigenvalue weighted by Crippen LogP contribution is -2.01. The molecule has 0 saturated heterocycles. The van der Waals surface area contributed by atoms with Crippen molar-refractivity contribution in [2.24, 2.45) is 0 Å². The first-order valence-corrected chi connectivity index (χ1v) is 46.3. The molecule has 27 aromatic rings. The molecule has 139 heavy (non-hydrogen) atoms. The number of hydrogen-bond donors (Lipinski definition) is 0. The number of fused-ring (bicyclic) bond motifs is 13. The predicted molar refractivity (Wildman–Crippen MR) is 572 cm³/mol. The Morgan fingerprint density at radius 1 is 0.151 bits per heavy atom. The fourth-order valence-electron chi connectivity index (χ4n) is 19.4. The standard InChI is InChI=1S/C47H30N4.C43H28N4.C37H24N4/c1-3-12-35-28-38(26-22-31(35)10-1)46-48-45(49-47(50-46)39-27-23-32-11-2-4-13-36(32)29-39)34-24-20-33(21-25-34)37-14-9-15-40(30-37)51-43-18-7-5-16-41(43)42-17-6-8-19-44(42)51;1-4-14-29(15-5-1)32-24-26-40-37(28-32)35-22-12-13-23-38(35)47(40)39-27-25-36(33-20-10-11-21-34(33)39)43-45-41(30-16-6-2-7-17-30)44-42(46-43)31-18-8-3-9-19-31;1-3-13-25(14-4-1)35-38-36(26-15-5-2-6-16-26)40-37(39-35)31-23-24-34(28-18-8-7-17-27(28)31)41-32-21-11-9-19-29(32)30-20-10-12-22-33(30)41/h1-30H;1-28H;1-24H/i;;1D,3D,4D,13D,14D. The Hall–Kier alpha value is -18.9. The van der Waals surface area contributed by atoms with Gasteiger partial charge in [0.05, 0.1) is 51.3 Å². The van der Waals surface area contributed by atoms with E-state index in [4.69, 9.17) is 46.7 Å². The second kappa shape index (κ2) is 35.6. The number of aromatic nitrogens is 12. The monoisotopic (exact) mass is 1780 g/mol. The number of para-hydroxylation sites is 5. The molecule has 0 unspecified atom stereocenters. The van der Waals surface area contributed by atoms with E-state index < -0.39 is 18.1 Å². The number of rotatable bonds is 14. The first-order valence-electron chi connectivity index (χ1n) is 48.8. The molecule has 0 aliphatic heterocycles. The fraction of sp³-hybridized carbons (Fsp3) is 0. The normalized spacial score (nSPS) is 12.0. The molecule has 0 aliphatic rings. The van der Waals surface area contributed by atoms with Crippen LogP contribution in [0.4, 0.5) is 0 Å². The highest BCUT2D eigenvalue weighted by atomic mass is 15.1. The lowest BCUT2D eigenvalue weighted by atomic mass is 10.0. The van der Waals surface area contributed by atoms with Crippen LogP contribution in [0.3, 0.4) is 0 Å². The Labute approximate surface area is 807 Å². The summed E-state index contributed by atoms with van der Waals surface area (Å²) < 4.78 is 48.8. The Balaban J connectivity index is 0.000000113. The molecule has 0 saturated carbocycles. The minimum absolute atomic E-state index is 0.0106. The van der Waals surface area contributed by atoms with Crippen molar-refractivity contribution in [2.45, 2.75) is 0 Å². The van der Waals surface area contributed by atoms with Crippen LogP contribution >= 0.6 is 0 Å². The van der Waals surface area contributed by atoms with Crippen molar-refractivity contribution >= 4 is 109 Å². The van der Waals surface area contributed by atoms with E-state index in [0.717, 1.165) is 110 Å². The maximum atomic E-state index is 8.62. The summed E-state index contributed by atoms with van der Waals surface area (Å²) in [4.78, 5) is 44.4. The van der Waals surface area contributed by atoms with E-state index >= 15 is 0 Å². The number of nitrogens with zero attached hydrogens (tertiary/aromatic N) is 12. The van der Waals surface area contributed by atoms with Gasteiger partial charge < -0.3 is 13.7 Å². The van der Waals surface area contributed by atoms with Gasteiger partial charge >= 0.3 is 0 Å². The molecular formula is C127H82N12. The first-order chi connectivity index (χ1) is 71.0. The largest absolute Gasteiger partial charge is 0.309 e. The van der Waals surface area contributed by atoms with E-state index in [1.807, 2.05) is 127 Å². The third-order valence-corrected chi connectivity index (χ3v) is 26.0. The molecule has 0 fully saturated rings. The van der Waals surface area contributed by atoms with Crippen molar-refractivity contribution in [3.63, 3.8) is 0 Å². The van der Waals surface area contributed by atoms with Gasteiger partial charge in [-0.05, 0) is 146 Å². The molecular weight excluding hydrogens is 1690 g/mol. The topological polar surface area (TPSA) is 131 Å². The van der Waals surface area contributed by atoms with Crippen LogP contribution in [0, 0.1) is 0 Å². The zero-order valence-corrected chi connectivity index (χ0v) is 74.8. The summed E-state index contributed by atoms with van der Waals surface area (Å²) in [6, 6.07) is 159. The SMILES string of the molecule is [2H]c1c([2H])c([2H])c(-c2nc(-c3ccccc3)nc(-c3ccc(-n4c5ccccc5c5ccccc54)c4ccccc34)n2)c([2H])c1[2H].c1cc(-c2ccc(-c3nc(-c4ccc5ccccc5c4)nc(-c4ccc5ccccc5c4)n3)cc2)cc(-n2c3ccccc3c3ccccc32)c1.c1ccc(-c2ccc3c(c2)c2ccccc2n3-c2ccc(-c3nc(-c4ccccc4)nc(-c4ccccc4)n3)c3ccccc23)cc1. The fourth-order valence-corrected chi connectivity index (χ4v) is 19.4. The third kappa shape index (κ3) is 15.4. The lowest BCUT2D eigenvalue weighted by molar-refractivity contribution is 1.07. The minimum Gasteiger partial charge on any atom is -0.309 e. The molecule has 12 heteroatoms. The van der Waals surface area contributed by atoms with E-state index in [1.54, 1.807) is 0 Å². The van der Waals surface area contributed by atoms with Crippen molar-refractivity contribution in [1.82, 2.24) is 58.6 Å². The van der Waals surface area contributed by atoms with Crippen molar-refractivity contribution in [2.75, 3.05) is 0 Å². The quantitative estimate of drug-likeness (QED) is 0.104. The van der Waals surface area contributed by atoms with Crippen LogP contribution in [-0.2, 0) is 0 Å². The molecule has 27 rings (SSSR count). The Kier molecular flexibility index (Phi) is 19.6. The van der Waals surface area contributed by atoms with Gasteiger partial charge in [-0.25, -0.2) is 44.9 Å². The van der Waals surface area contributed by atoms with Gasteiger partial charge in [-0.1, -0.05) is 406 Å². The molecule has 650 valence electrons. The van der Waals surface area contributed by atoms with Gasteiger partial charge in [-0.15, -0.1) is 0 Å². The molecule has 0 atom stereocenters. The van der Waals surface area contributed by atoms with Gasteiger partial charge in [0.2, 0.25) is 0 Å². The number of benzene rings is 21. The van der Waals surface area contributed by atoms with E-state index in [2.05, 4.69) is 358 Å². The van der Waals surface area contributed by atoms with Crippen molar-refractivity contribution in [3.05, 3.63) is 497 Å². The zero-order valence-electron chi connectivity index (χ0n) is 79.8. The summed E-state index contributed by atoms with van der Waals surface area (Å²) in [6.45, 7) is 0. The summed E-state index contributed by atoms with van der Waals surface area (Å²) in [6.07, 6.45) is 0. The lowest BCUT2D eigenvalue weighted by Gasteiger charge is -2.15. The molecule has 0 bridgehead atoms. The smallest absolute Gasteiger partial charge is 0.164 e. The van der Waals surface area contributed by atoms with E-state index in [1.165, 1.54) is 76.3 Å². The van der Waals surface area contributed by atoms with E-state index in [0.29, 0.717) is 52.2 Å². The maximum absolute atomic E-state index is 8.62. The highest BCUT2D eigenvalue weighted by Crippen LogP contribution is 2.44. The Morgan fingerprint density at radius 2 is 0.432 bits per heavy atom. The third-order valence-electron chi connectivity index (χ3n) is 26.0. The molecule has 0 N–H and O–H groups in total. The van der Waals surface area contributed by atoms with Crippen molar-refractivity contribution < 1.29 is 6.85 Å². The molecule has 0 radical (unpaired) electrons. The first kappa shape index (κ1) is 76.6. The molecule has 21 aromatic carbocycles. The van der Waals surface area contributed by atoms with E-state index in [-0.39, 0.29) is 23.5 Å². The van der Waals surface area contributed by atoms with E-state index in [9.17, 15) is 0 Å². The average Bonchev–Trinajstić information content (AvgIpc) is 1.56. The van der Waals surface area contributed by atoms with Crippen LogP contribution in [0.25, 0.3) is 250 Å². The van der Waals surface area contributed by atoms with Gasteiger partial charge in [-0.3, -0.25) is 0 Å². The summed E-state index contributed by atoms with van der Waals surface area (Å²) >= 11 is 0. The van der Waals surface area contributed by atoms with Gasteiger partial charge in [-0.2, -0.15) is 0 Å². The second-order valence-corrected chi connectivity index (χ2v) is 34.3. The van der Waals surface area contributed by atoms with Crippen LogP contribution in [-0.4, -0.2) is 58.6 Å². The van der Waals surface area contributed by atoms with Crippen LogP contribution in [0.5, 0.6) is 0 Å². The van der Waals surface area contributed by atoms with Crippen LogP contribution in [0.15, 0.2) is 497 Å². The summed E-state index contributed by atoms with van der Waals surface area (Å²) in [7, 11) is 0. The highest BCUT2D eigenvalue weighted by molar-refractivity contribution is 6.15. The van der Waals surface area contributed by atoms with Crippen LogP contribution in [0.1, 0.15) is 6.85 Å². The van der Waals surface area contributed by atoms with Gasteiger partial charge in [0.15, 0.2) is 52.4 Å². The van der Waals surface area contributed by atoms with Crippen molar-refractivity contribution in [3.8, 4) is 142 Å².